The third-order valence-corrected chi connectivity index (χ3v) is 6.44. The molecule has 35 heavy (non-hydrogen) atoms. The van der Waals surface area contributed by atoms with Crippen LogP contribution in [0.4, 0.5) is 19.0 Å². The Labute approximate surface area is 209 Å². The number of carbonyl (C=O) groups excluding carboxylic acids is 1. The van der Waals surface area contributed by atoms with Gasteiger partial charge in [-0.3, -0.25) is 9.48 Å². The Morgan fingerprint density at radius 3 is 2.54 bits per heavy atom. The summed E-state index contributed by atoms with van der Waals surface area (Å²) < 4.78 is 43.5. The van der Waals surface area contributed by atoms with E-state index >= 15 is 0 Å². The van der Waals surface area contributed by atoms with Gasteiger partial charge in [0.05, 0.1) is 17.1 Å². The molecule has 13 heteroatoms. The maximum atomic E-state index is 13.8. The number of thiophene rings is 1. The number of alkyl halides is 3. The maximum Gasteiger partial charge on any atom is 0.433 e. The van der Waals surface area contributed by atoms with E-state index in [-0.39, 0.29) is 22.2 Å². The fourth-order valence-corrected chi connectivity index (χ4v) is 4.42. The van der Waals surface area contributed by atoms with Gasteiger partial charge >= 0.3 is 6.18 Å². The molecule has 5 aromatic rings. The summed E-state index contributed by atoms with van der Waals surface area (Å²) in [7, 11) is 0. The summed E-state index contributed by atoms with van der Waals surface area (Å²) in [6.07, 6.45) is -3.11. The van der Waals surface area contributed by atoms with Gasteiger partial charge in [-0.05, 0) is 35.2 Å². The second-order valence-electron chi connectivity index (χ2n) is 7.38. The summed E-state index contributed by atoms with van der Waals surface area (Å²) >= 11 is 13.4. The predicted octanol–water partition coefficient (Wildman–Crippen LogP) is 6.28. The second kappa shape index (κ2) is 8.99. The van der Waals surface area contributed by atoms with Crippen LogP contribution in [0.25, 0.3) is 16.2 Å². The first-order valence-corrected chi connectivity index (χ1v) is 11.6. The van der Waals surface area contributed by atoms with Gasteiger partial charge in [-0.2, -0.15) is 23.4 Å². The molecule has 7 nitrogen and oxygen atoms in total. The Bertz CT molecular complexity index is 1530. The van der Waals surface area contributed by atoms with E-state index in [2.05, 4.69) is 20.5 Å². The molecule has 4 heterocycles. The zero-order valence-electron chi connectivity index (χ0n) is 17.4. The van der Waals surface area contributed by atoms with Crippen LogP contribution in [-0.2, 0) is 12.7 Å². The van der Waals surface area contributed by atoms with Crippen LogP contribution in [0, 0.1) is 0 Å². The van der Waals surface area contributed by atoms with Crippen molar-refractivity contribution < 1.29 is 18.0 Å². The quantitative estimate of drug-likeness (QED) is 0.286. The Kier molecular flexibility index (Phi) is 5.99. The molecule has 0 atom stereocenters. The summed E-state index contributed by atoms with van der Waals surface area (Å²) in [4.78, 5) is 17.6. The van der Waals surface area contributed by atoms with Crippen LogP contribution in [0.1, 0.15) is 21.7 Å². The van der Waals surface area contributed by atoms with E-state index < -0.39 is 23.5 Å². The molecule has 1 aromatic carbocycles. The highest BCUT2D eigenvalue weighted by molar-refractivity contribution is 7.13. The summed E-state index contributed by atoms with van der Waals surface area (Å²) in [5, 5.41) is 12.6. The number of rotatable bonds is 5. The molecule has 0 saturated heterocycles. The predicted molar refractivity (Wildman–Crippen MR) is 127 cm³/mol. The molecule has 0 aliphatic heterocycles. The van der Waals surface area contributed by atoms with E-state index in [0.717, 1.165) is 11.6 Å². The molecule has 0 spiro atoms. The number of benzene rings is 1. The molecule has 0 aliphatic rings. The molecule has 4 aromatic heterocycles. The van der Waals surface area contributed by atoms with Crippen LogP contribution in [0.2, 0.25) is 10.0 Å². The van der Waals surface area contributed by atoms with Crippen molar-refractivity contribution in [2.45, 2.75) is 12.7 Å². The van der Waals surface area contributed by atoms with E-state index in [1.54, 1.807) is 46.6 Å². The third-order valence-electron chi connectivity index (χ3n) is 4.95. The van der Waals surface area contributed by atoms with Crippen molar-refractivity contribution >= 4 is 51.9 Å². The van der Waals surface area contributed by atoms with Gasteiger partial charge in [0.25, 0.3) is 5.91 Å². The summed E-state index contributed by atoms with van der Waals surface area (Å²) in [6.45, 7) is 0.423. The number of halogens is 5. The van der Waals surface area contributed by atoms with Gasteiger partial charge in [0.1, 0.15) is 5.02 Å². The molecule has 0 bridgehead atoms. The Morgan fingerprint density at radius 2 is 1.86 bits per heavy atom. The van der Waals surface area contributed by atoms with Crippen molar-refractivity contribution in [3.63, 3.8) is 0 Å². The van der Waals surface area contributed by atoms with Gasteiger partial charge < -0.3 is 5.32 Å². The first-order chi connectivity index (χ1) is 16.7. The Hall–Kier alpha value is -3.41. The van der Waals surface area contributed by atoms with Crippen LogP contribution < -0.4 is 5.32 Å². The summed E-state index contributed by atoms with van der Waals surface area (Å²) in [5.74, 6) is -0.636. The van der Waals surface area contributed by atoms with Gasteiger partial charge in [0.2, 0.25) is 0 Å². The second-order valence-corrected chi connectivity index (χ2v) is 9.14. The van der Waals surface area contributed by atoms with E-state index in [1.807, 2.05) is 12.1 Å². The highest BCUT2D eigenvalue weighted by atomic mass is 35.5. The highest BCUT2D eigenvalue weighted by Crippen LogP contribution is 2.35. The zero-order chi connectivity index (χ0) is 24.7. The number of hydrogen-bond acceptors (Lipinski definition) is 5. The van der Waals surface area contributed by atoms with Crippen molar-refractivity contribution in [1.29, 1.82) is 0 Å². The number of hydrogen-bond donors (Lipinski definition) is 1. The van der Waals surface area contributed by atoms with E-state index in [0.29, 0.717) is 21.0 Å². The molecule has 1 amide bonds. The zero-order valence-corrected chi connectivity index (χ0v) is 19.8. The van der Waals surface area contributed by atoms with E-state index in [4.69, 9.17) is 23.2 Å². The van der Waals surface area contributed by atoms with Crippen LogP contribution in [-0.4, -0.2) is 30.3 Å². The lowest BCUT2D eigenvalue weighted by Gasteiger charge is -2.10. The largest absolute Gasteiger partial charge is 0.433 e. The summed E-state index contributed by atoms with van der Waals surface area (Å²) in [6, 6.07) is 12.9. The van der Waals surface area contributed by atoms with Crippen molar-refractivity contribution in [1.82, 2.24) is 24.4 Å². The van der Waals surface area contributed by atoms with Gasteiger partial charge in [-0.15, -0.1) is 11.3 Å². The average Bonchev–Trinajstić information content (AvgIpc) is 3.55. The monoisotopic (exact) mass is 536 g/mol. The lowest BCUT2D eigenvalue weighted by Crippen LogP contribution is -2.16. The minimum atomic E-state index is -4.75. The molecule has 0 unspecified atom stereocenters. The van der Waals surface area contributed by atoms with E-state index in [1.165, 1.54) is 11.3 Å². The lowest BCUT2D eigenvalue weighted by molar-refractivity contribution is -0.142. The molecule has 0 saturated carbocycles. The van der Waals surface area contributed by atoms with Gasteiger partial charge in [0.15, 0.2) is 22.9 Å². The summed E-state index contributed by atoms with van der Waals surface area (Å²) in [5.41, 5.74) is -0.761. The molecule has 178 valence electrons. The van der Waals surface area contributed by atoms with Crippen LogP contribution in [0.15, 0.2) is 60.1 Å². The Balaban J connectivity index is 1.45. The molecule has 0 radical (unpaired) electrons. The first-order valence-electron chi connectivity index (χ1n) is 9.98. The standard InChI is InChI=1S/C22H13Cl2F3N6OS/c23-13-5-3-12(4-6-13)11-32-8-7-17(30-32)29-21(34)19-18(24)20-28-14(15-2-1-9-35-15)10-16(22(25,26)27)33(20)31-19/h1-10H,11H2,(H,29,30,34). The van der Waals surface area contributed by atoms with Crippen LogP contribution >= 0.6 is 34.5 Å². The average molecular weight is 537 g/mol. The molecule has 5 rings (SSSR count). The normalized spacial score (nSPS) is 11.8. The molecular weight excluding hydrogens is 524 g/mol. The maximum absolute atomic E-state index is 13.8. The lowest BCUT2D eigenvalue weighted by atomic mass is 10.2. The van der Waals surface area contributed by atoms with Crippen LogP contribution in [0.3, 0.4) is 0 Å². The first kappa shape index (κ1) is 23.3. The number of aromatic nitrogens is 5. The van der Waals surface area contributed by atoms with Crippen molar-refractivity contribution in [3.8, 4) is 10.6 Å². The number of fused-ring (bicyclic) bond motifs is 1. The Morgan fingerprint density at radius 1 is 1.09 bits per heavy atom. The van der Waals surface area contributed by atoms with Crippen molar-refractivity contribution in [2.24, 2.45) is 0 Å². The molecular formula is C22H13Cl2F3N6OS. The smallest absolute Gasteiger partial charge is 0.304 e. The van der Waals surface area contributed by atoms with E-state index in [9.17, 15) is 18.0 Å². The molecule has 0 fully saturated rings. The highest BCUT2D eigenvalue weighted by Gasteiger charge is 2.37. The number of carbonyl (C=O) groups is 1. The van der Waals surface area contributed by atoms with Gasteiger partial charge in [-0.1, -0.05) is 41.4 Å². The topological polar surface area (TPSA) is 77.1 Å². The fraction of sp³-hybridized carbons (Fsp3) is 0.0909. The minimum absolute atomic E-state index is 0.0783. The number of nitrogens with zero attached hydrogens (tertiary/aromatic N) is 5. The SMILES string of the molecule is O=C(Nc1ccn(Cc2ccc(Cl)cc2)n1)c1nn2c(C(F)(F)F)cc(-c3cccs3)nc2c1Cl. The van der Waals surface area contributed by atoms with Gasteiger partial charge in [0, 0.05) is 17.3 Å². The van der Waals surface area contributed by atoms with Gasteiger partial charge in [-0.25, -0.2) is 9.50 Å². The number of nitrogens with one attached hydrogen (secondary N) is 1. The number of anilines is 1. The van der Waals surface area contributed by atoms with Crippen molar-refractivity contribution in [2.75, 3.05) is 5.32 Å². The molecule has 1 N–H and O–H groups in total. The minimum Gasteiger partial charge on any atom is -0.304 e. The van der Waals surface area contributed by atoms with Crippen LogP contribution in [0.5, 0.6) is 0 Å². The molecule has 0 aliphatic carbocycles. The fourth-order valence-electron chi connectivity index (χ4n) is 3.36. The third kappa shape index (κ3) is 4.75. The van der Waals surface area contributed by atoms with Crippen molar-refractivity contribution in [3.05, 3.63) is 87.1 Å². The number of amides is 1.